The zero-order valence-corrected chi connectivity index (χ0v) is 19.6. The van der Waals surface area contributed by atoms with Crippen LogP contribution < -0.4 is 0 Å². The van der Waals surface area contributed by atoms with Crippen molar-refractivity contribution in [3.05, 3.63) is 71.3 Å². The Morgan fingerprint density at radius 2 is 1.55 bits per heavy atom. The zero-order chi connectivity index (χ0) is 23.7. The summed E-state index contributed by atoms with van der Waals surface area (Å²) < 4.78 is 39.3. The molecule has 1 saturated carbocycles. The third kappa shape index (κ3) is 6.60. The number of nitriles is 1. The van der Waals surface area contributed by atoms with E-state index in [1.54, 1.807) is 12.1 Å². The van der Waals surface area contributed by atoms with Gasteiger partial charge >= 0.3 is 6.18 Å². The number of nitrogens with zero attached hydrogens (tertiary/aromatic N) is 2. The van der Waals surface area contributed by atoms with Crippen LogP contribution in [0.15, 0.2) is 54.6 Å². The Morgan fingerprint density at radius 3 is 2.12 bits per heavy atom. The van der Waals surface area contributed by atoms with Crippen LogP contribution in [-0.2, 0) is 18.0 Å². The summed E-state index contributed by atoms with van der Waals surface area (Å²) in [6, 6.07) is 18.4. The summed E-state index contributed by atoms with van der Waals surface area (Å²) in [4.78, 5) is 2.45. The van der Waals surface area contributed by atoms with Gasteiger partial charge in [-0.25, -0.2) is 0 Å². The maximum Gasteiger partial charge on any atom is 0.416 e. The molecule has 1 atom stereocenters. The van der Waals surface area contributed by atoms with Gasteiger partial charge in [-0.05, 0) is 80.8 Å². The van der Waals surface area contributed by atoms with E-state index >= 15 is 0 Å². The van der Waals surface area contributed by atoms with E-state index in [0.717, 1.165) is 82.3 Å². The lowest BCUT2D eigenvalue weighted by Crippen LogP contribution is -2.35. The SMILES string of the molecule is CCCN(CCCC(C#N)(c1ccc(C(F)(F)F)cc1)C1CCCC1)CCc1ccccc1. The fraction of sp³-hybridized carbons (Fsp3) is 0.536. The van der Waals surface area contributed by atoms with Crippen molar-refractivity contribution in [2.24, 2.45) is 5.92 Å². The molecule has 0 aromatic heterocycles. The minimum Gasteiger partial charge on any atom is -0.303 e. The minimum atomic E-state index is -4.36. The molecule has 0 amide bonds. The third-order valence-electron chi connectivity index (χ3n) is 7.12. The monoisotopic (exact) mass is 456 g/mol. The van der Waals surface area contributed by atoms with Gasteiger partial charge < -0.3 is 4.90 Å². The molecule has 0 spiro atoms. The lowest BCUT2D eigenvalue weighted by atomic mass is 9.67. The van der Waals surface area contributed by atoms with E-state index in [2.05, 4.69) is 42.2 Å². The highest BCUT2D eigenvalue weighted by Gasteiger charge is 2.42. The molecule has 2 nitrogen and oxygen atoms in total. The number of benzene rings is 2. The van der Waals surface area contributed by atoms with Crippen LogP contribution in [0.1, 0.15) is 68.6 Å². The van der Waals surface area contributed by atoms with Crippen molar-refractivity contribution in [2.45, 2.75) is 69.9 Å². The summed E-state index contributed by atoms with van der Waals surface area (Å²) in [5.74, 6) is 0.211. The standard InChI is InChI=1S/C28H35F3N2/c1-2-19-33(21-17-23-9-4-3-5-10-23)20-8-18-27(22-32,24-11-6-7-12-24)25-13-15-26(16-14-25)28(29,30)31/h3-5,9-10,13-16,24H,2,6-8,11-12,17-21H2,1H3. The van der Waals surface area contributed by atoms with E-state index in [1.807, 2.05) is 6.07 Å². The number of hydrogen-bond acceptors (Lipinski definition) is 2. The largest absolute Gasteiger partial charge is 0.416 e. The molecule has 1 aliphatic carbocycles. The molecule has 2 aromatic carbocycles. The molecule has 3 rings (SSSR count). The lowest BCUT2D eigenvalue weighted by Gasteiger charge is -2.34. The average Bonchev–Trinajstić information content (AvgIpc) is 3.36. The summed E-state index contributed by atoms with van der Waals surface area (Å²) in [5.41, 5.74) is 0.703. The number of hydrogen-bond donors (Lipinski definition) is 0. The molecule has 0 radical (unpaired) electrons. The molecule has 0 bridgehead atoms. The van der Waals surface area contributed by atoms with Crippen molar-refractivity contribution in [1.82, 2.24) is 4.90 Å². The van der Waals surface area contributed by atoms with Gasteiger partial charge in [-0.3, -0.25) is 0 Å². The Hall–Kier alpha value is -2.32. The van der Waals surface area contributed by atoms with Crippen molar-refractivity contribution in [2.75, 3.05) is 19.6 Å². The Balaban J connectivity index is 1.71. The van der Waals surface area contributed by atoms with Crippen LogP contribution in [0.2, 0.25) is 0 Å². The maximum atomic E-state index is 13.1. The van der Waals surface area contributed by atoms with Crippen molar-refractivity contribution < 1.29 is 13.2 Å². The minimum absolute atomic E-state index is 0.211. The summed E-state index contributed by atoms with van der Waals surface area (Å²) in [7, 11) is 0. The molecule has 0 N–H and O–H groups in total. The van der Waals surface area contributed by atoms with Gasteiger partial charge in [-0.15, -0.1) is 0 Å². The van der Waals surface area contributed by atoms with Crippen molar-refractivity contribution in [1.29, 1.82) is 5.26 Å². The molecule has 0 heterocycles. The topological polar surface area (TPSA) is 27.0 Å². The second kappa shape index (κ2) is 11.7. The smallest absolute Gasteiger partial charge is 0.303 e. The molecule has 5 heteroatoms. The highest BCUT2D eigenvalue weighted by molar-refractivity contribution is 5.37. The van der Waals surface area contributed by atoms with Gasteiger partial charge in [-0.2, -0.15) is 18.4 Å². The van der Waals surface area contributed by atoms with Crippen molar-refractivity contribution >= 4 is 0 Å². The summed E-state index contributed by atoms with van der Waals surface area (Å²) in [6.45, 7) is 5.06. The fourth-order valence-corrected chi connectivity index (χ4v) is 5.34. The molecule has 33 heavy (non-hydrogen) atoms. The Labute approximate surface area is 196 Å². The molecule has 1 aliphatic rings. The predicted octanol–water partition coefficient (Wildman–Crippen LogP) is 7.39. The molecule has 0 aliphatic heterocycles. The molecule has 0 saturated heterocycles. The van der Waals surface area contributed by atoms with Crippen LogP contribution in [-0.4, -0.2) is 24.5 Å². The first-order valence-corrected chi connectivity index (χ1v) is 12.2. The van der Waals surface area contributed by atoms with Gasteiger partial charge in [-0.1, -0.05) is 62.2 Å². The van der Waals surface area contributed by atoms with E-state index in [9.17, 15) is 18.4 Å². The van der Waals surface area contributed by atoms with Crippen LogP contribution in [0.5, 0.6) is 0 Å². The lowest BCUT2D eigenvalue weighted by molar-refractivity contribution is -0.137. The molecule has 178 valence electrons. The van der Waals surface area contributed by atoms with E-state index in [0.29, 0.717) is 6.42 Å². The first-order chi connectivity index (χ1) is 15.9. The molecule has 2 aromatic rings. The Morgan fingerprint density at radius 1 is 0.909 bits per heavy atom. The first kappa shape index (κ1) is 25.3. The third-order valence-corrected chi connectivity index (χ3v) is 7.12. The van der Waals surface area contributed by atoms with Gasteiger partial charge in [0.25, 0.3) is 0 Å². The molecular weight excluding hydrogens is 421 g/mol. The second-order valence-corrected chi connectivity index (χ2v) is 9.32. The summed E-state index contributed by atoms with van der Waals surface area (Å²) >= 11 is 0. The van der Waals surface area contributed by atoms with E-state index in [-0.39, 0.29) is 5.92 Å². The highest BCUT2D eigenvalue weighted by Crippen LogP contribution is 2.45. The van der Waals surface area contributed by atoms with Gasteiger partial charge in [0.1, 0.15) is 0 Å². The van der Waals surface area contributed by atoms with Crippen LogP contribution in [0.4, 0.5) is 13.2 Å². The predicted molar refractivity (Wildman–Crippen MR) is 127 cm³/mol. The van der Waals surface area contributed by atoms with Crippen LogP contribution in [0, 0.1) is 17.2 Å². The quantitative estimate of drug-likeness (QED) is 0.352. The van der Waals surface area contributed by atoms with Gasteiger partial charge in [0.2, 0.25) is 0 Å². The van der Waals surface area contributed by atoms with Gasteiger partial charge in [0.15, 0.2) is 0 Å². The average molecular weight is 457 g/mol. The van der Waals surface area contributed by atoms with E-state index < -0.39 is 17.2 Å². The van der Waals surface area contributed by atoms with E-state index in [1.165, 1.54) is 5.56 Å². The van der Waals surface area contributed by atoms with Gasteiger partial charge in [0.05, 0.1) is 17.0 Å². The van der Waals surface area contributed by atoms with Crippen LogP contribution >= 0.6 is 0 Å². The number of halogens is 3. The highest BCUT2D eigenvalue weighted by atomic mass is 19.4. The Bertz CT molecular complexity index is 880. The maximum absolute atomic E-state index is 13.1. The van der Waals surface area contributed by atoms with Crippen molar-refractivity contribution in [3.63, 3.8) is 0 Å². The van der Waals surface area contributed by atoms with E-state index in [4.69, 9.17) is 0 Å². The molecule has 1 fully saturated rings. The van der Waals surface area contributed by atoms with Crippen LogP contribution in [0.25, 0.3) is 0 Å². The van der Waals surface area contributed by atoms with Crippen molar-refractivity contribution in [3.8, 4) is 6.07 Å². The summed E-state index contributed by atoms with van der Waals surface area (Å²) in [6.07, 6.45) is 3.38. The zero-order valence-electron chi connectivity index (χ0n) is 19.6. The van der Waals surface area contributed by atoms with Gasteiger partial charge in [0, 0.05) is 6.54 Å². The second-order valence-electron chi connectivity index (χ2n) is 9.32. The first-order valence-electron chi connectivity index (χ1n) is 12.2. The normalized spacial score (nSPS) is 16.6. The number of rotatable bonds is 11. The molecule has 1 unspecified atom stereocenters. The Kier molecular flexibility index (Phi) is 8.97. The fourth-order valence-electron chi connectivity index (χ4n) is 5.34. The van der Waals surface area contributed by atoms with Crippen LogP contribution in [0.3, 0.4) is 0 Å². The molecular formula is C28H35F3N2. The summed E-state index contributed by atoms with van der Waals surface area (Å²) in [5, 5.41) is 10.4. The number of alkyl halides is 3.